The van der Waals surface area contributed by atoms with Gasteiger partial charge in [-0.25, -0.2) is 0 Å². The summed E-state index contributed by atoms with van der Waals surface area (Å²) in [5, 5.41) is 9.46. The molecule has 1 aliphatic heterocycles. The van der Waals surface area contributed by atoms with Crippen LogP contribution in [0, 0.1) is 6.92 Å². The van der Waals surface area contributed by atoms with Gasteiger partial charge in [0.15, 0.2) is 0 Å². The Balaban J connectivity index is 2.26. The maximum atomic E-state index is 9.05. The fourth-order valence-corrected chi connectivity index (χ4v) is 2.83. The summed E-state index contributed by atoms with van der Waals surface area (Å²) in [6, 6.07) is 6.58. The predicted molar refractivity (Wildman–Crippen MR) is 56.2 cm³/mol. The summed E-state index contributed by atoms with van der Waals surface area (Å²) in [5.41, 5.74) is 2.79. The number of aryl methyl sites for hydroxylation is 2. The summed E-state index contributed by atoms with van der Waals surface area (Å²) >= 11 is 1.82. The predicted octanol–water partition coefficient (Wildman–Crippen LogP) is 2.39. The normalized spacial score (nSPS) is 21.2. The van der Waals surface area contributed by atoms with Gasteiger partial charge in [0.25, 0.3) is 0 Å². The van der Waals surface area contributed by atoms with E-state index in [2.05, 4.69) is 25.1 Å². The molecule has 0 fully saturated rings. The van der Waals surface area contributed by atoms with Crippen molar-refractivity contribution >= 4 is 11.8 Å². The monoisotopic (exact) mass is 194 g/mol. The number of hydrogen-bond donors (Lipinski definition) is 1. The van der Waals surface area contributed by atoms with Crippen molar-refractivity contribution in [2.75, 3.05) is 6.61 Å². The average molecular weight is 194 g/mol. The summed E-state index contributed by atoms with van der Waals surface area (Å²) in [7, 11) is 0. The van der Waals surface area contributed by atoms with E-state index in [0.717, 1.165) is 12.8 Å². The van der Waals surface area contributed by atoms with Gasteiger partial charge in [0, 0.05) is 10.1 Å². The molecule has 1 N–H and O–H groups in total. The summed E-state index contributed by atoms with van der Waals surface area (Å²) < 4.78 is 0. The minimum absolute atomic E-state index is 0.304. The Labute approximate surface area is 83.2 Å². The van der Waals surface area contributed by atoms with Crippen molar-refractivity contribution in [2.45, 2.75) is 29.9 Å². The zero-order valence-corrected chi connectivity index (χ0v) is 8.60. The molecule has 2 heteroatoms. The number of hydrogen-bond acceptors (Lipinski definition) is 2. The van der Waals surface area contributed by atoms with Crippen molar-refractivity contribution in [3.05, 3.63) is 29.3 Å². The molecule has 1 aromatic rings. The fraction of sp³-hybridized carbons (Fsp3) is 0.455. The first-order valence-corrected chi connectivity index (χ1v) is 5.54. The molecule has 0 radical (unpaired) electrons. The first-order valence-electron chi connectivity index (χ1n) is 4.66. The first kappa shape index (κ1) is 9.10. The van der Waals surface area contributed by atoms with Crippen molar-refractivity contribution in [3.8, 4) is 0 Å². The van der Waals surface area contributed by atoms with E-state index in [0.29, 0.717) is 11.9 Å². The lowest BCUT2D eigenvalue weighted by Gasteiger charge is -2.22. The van der Waals surface area contributed by atoms with Crippen LogP contribution in [0.15, 0.2) is 23.1 Å². The lowest BCUT2D eigenvalue weighted by molar-refractivity contribution is 0.289. The Morgan fingerprint density at radius 1 is 1.54 bits per heavy atom. The van der Waals surface area contributed by atoms with Crippen molar-refractivity contribution in [2.24, 2.45) is 0 Å². The van der Waals surface area contributed by atoms with Gasteiger partial charge < -0.3 is 5.11 Å². The molecular formula is C11H14OS. The number of aliphatic hydroxyl groups excluding tert-OH is 1. The highest BCUT2D eigenvalue weighted by Crippen LogP contribution is 2.35. The third-order valence-corrected chi connectivity index (χ3v) is 3.82. The molecule has 0 aliphatic carbocycles. The highest BCUT2D eigenvalue weighted by Gasteiger charge is 2.17. The van der Waals surface area contributed by atoms with Crippen LogP contribution >= 0.6 is 11.8 Å². The Morgan fingerprint density at radius 3 is 3.15 bits per heavy atom. The molecule has 1 aliphatic rings. The van der Waals surface area contributed by atoms with Crippen molar-refractivity contribution in [1.82, 2.24) is 0 Å². The van der Waals surface area contributed by atoms with E-state index in [4.69, 9.17) is 5.11 Å². The first-order chi connectivity index (χ1) is 6.29. The summed E-state index contributed by atoms with van der Waals surface area (Å²) in [5.74, 6) is 0. The molecule has 1 nitrogen and oxygen atoms in total. The Hall–Kier alpha value is -0.470. The number of aliphatic hydroxyl groups is 1. The molecule has 13 heavy (non-hydrogen) atoms. The van der Waals surface area contributed by atoms with Crippen LogP contribution in [0.1, 0.15) is 17.5 Å². The number of benzene rings is 1. The van der Waals surface area contributed by atoms with Gasteiger partial charge >= 0.3 is 0 Å². The fourth-order valence-electron chi connectivity index (χ4n) is 1.70. The zero-order valence-electron chi connectivity index (χ0n) is 7.79. The summed E-state index contributed by atoms with van der Waals surface area (Å²) in [6.07, 6.45) is 2.23. The molecule has 0 saturated heterocycles. The molecule has 2 rings (SSSR count). The largest absolute Gasteiger partial charge is 0.395 e. The number of thioether (sulfide) groups is 1. The van der Waals surface area contributed by atoms with Crippen LogP contribution in [-0.4, -0.2) is 17.0 Å². The molecule has 0 bridgehead atoms. The Bertz CT molecular complexity index is 309. The quantitative estimate of drug-likeness (QED) is 0.740. The smallest absolute Gasteiger partial charge is 0.0553 e. The SMILES string of the molecule is Cc1ccc2c(c1)CCC(CO)S2. The van der Waals surface area contributed by atoms with Crippen LogP contribution in [-0.2, 0) is 6.42 Å². The third kappa shape index (κ3) is 1.89. The van der Waals surface area contributed by atoms with E-state index in [-0.39, 0.29) is 0 Å². The van der Waals surface area contributed by atoms with Crippen LogP contribution in [0.5, 0.6) is 0 Å². The molecule has 0 amide bonds. The van der Waals surface area contributed by atoms with Crippen LogP contribution in [0.4, 0.5) is 0 Å². The highest BCUT2D eigenvalue weighted by molar-refractivity contribution is 8.00. The van der Waals surface area contributed by atoms with E-state index in [1.807, 2.05) is 11.8 Å². The standard InChI is InChI=1S/C11H14OS/c1-8-2-5-11-9(6-8)3-4-10(7-12)13-11/h2,5-6,10,12H,3-4,7H2,1H3. The van der Waals surface area contributed by atoms with Crippen LogP contribution in [0.25, 0.3) is 0 Å². The molecule has 1 heterocycles. The van der Waals surface area contributed by atoms with E-state index in [1.54, 1.807) is 0 Å². The van der Waals surface area contributed by atoms with Gasteiger partial charge in [-0.1, -0.05) is 17.7 Å². The van der Waals surface area contributed by atoms with Crippen LogP contribution in [0.3, 0.4) is 0 Å². The topological polar surface area (TPSA) is 20.2 Å². The molecule has 0 spiro atoms. The maximum Gasteiger partial charge on any atom is 0.0553 e. The van der Waals surface area contributed by atoms with Crippen molar-refractivity contribution in [3.63, 3.8) is 0 Å². The van der Waals surface area contributed by atoms with Gasteiger partial charge in [0.05, 0.1) is 6.61 Å². The second-order valence-electron chi connectivity index (χ2n) is 3.57. The molecule has 1 unspecified atom stereocenters. The van der Waals surface area contributed by atoms with Crippen molar-refractivity contribution < 1.29 is 5.11 Å². The van der Waals surface area contributed by atoms with Gasteiger partial charge in [-0.15, -0.1) is 11.8 Å². The molecule has 1 aromatic carbocycles. The molecular weight excluding hydrogens is 180 g/mol. The van der Waals surface area contributed by atoms with E-state index in [1.165, 1.54) is 16.0 Å². The van der Waals surface area contributed by atoms with Crippen LogP contribution < -0.4 is 0 Å². The van der Waals surface area contributed by atoms with E-state index < -0.39 is 0 Å². The lowest BCUT2D eigenvalue weighted by Crippen LogP contribution is -2.14. The van der Waals surface area contributed by atoms with Gasteiger partial charge in [-0.05, 0) is 31.4 Å². The maximum absolute atomic E-state index is 9.05. The zero-order chi connectivity index (χ0) is 9.26. The van der Waals surface area contributed by atoms with Gasteiger partial charge in [-0.2, -0.15) is 0 Å². The highest BCUT2D eigenvalue weighted by atomic mass is 32.2. The second kappa shape index (κ2) is 3.72. The van der Waals surface area contributed by atoms with E-state index >= 15 is 0 Å². The summed E-state index contributed by atoms with van der Waals surface area (Å²) in [6.45, 7) is 2.43. The third-order valence-electron chi connectivity index (χ3n) is 2.45. The molecule has 1 atom stereocenters. The van der Waals surface area contributed by atoms with Gasteiger partial charge in [-0.3, -0.25) is 0 Å². The van der Waals surface area contributed by atoms with E-state index in [9.17, 15) is 0 Å². The van der Waals surface area contributed by atoms with Crippen LogP contribution in [0.2, 0.25) is 0 Å². The summed E-state index contributed by atoms with van der Waals surface area (Å²) in [4.78, 5) is 1.36. The minimum Gasteiger partial charge on any atom is -0.395 e. The van der Waals surface area contributed by atoms with Crippen molar-refractivity contribution in [1.29, 1.82) is 0 Å². The average Bonchev–Trinajstić information content (AvgIpc) is 2.17. The second-order valence-corrected chi connectivity index (χ2v) is 4.91. The lowest BCUT2D eigenvalue weighted by atomic mass is 10.1. The number of fused-ring (bicyclic) bond motifs is 1. The van der Waals surface area contributed by atoms with Gasteiger partial charge in [0.1, 0.15) is 0 Å². The Morgan fingerprint density at radius 2 is 2.38 bits per heavy atom. The molecule has 0 saturated carbocycles. The molecule has 0 aromatic heterocycles. The minimum atomic E-state index is 0.304. The van der Waals surface area contributed by atoms with Gasteiger partial charge in [0.2, 0.25) is 0 Å². The molecule has 70 valence electrons. The number of rotatable bonds is 1. The Kier molecular flexibility index (Phi) is 2.61.